The van der Waals surface area contributed by atoms with Gasteiger partial charge in [-0.1, -0.05) is 28.1 Å². The van der Waals surface area contributed by atoms with Crippen molar-refractivity contribution in [1.29, 1.82) is 0 Å². The molecule has 0 radical (unpaired) electrons. The Morgan fingerprint density at radius 3 is 2.72 bits per heavy atom. The third kappa shape index (κ3) is 4.16. The lowest BCUT2D eigenvalue weighted by Gasteiger charge is -2.04. The Bertz CT molecular complexity index is 892. The summed E-state index contributed by atoms with van der Waals surface area (Å²) in [6.07, 6.45) is 0. The minimum Gasteiger partial charge on any atom is -0.465 e. The highest BCUT2D eigenvalue weighted by Gasteiger charge is 2.09. The van der Waals surface area contributed by atoms with Crippen LogP contribution in [0.5, 0.6) is 0 Å². The van der Waals surface area contributed by atoms with Gasteiger partial charge >= 0.3 is 5.97 Å². The van der Waals surface area contributed by atoms with Crippen molar-refractivity contribution in [2.75, 3.05) is 18.2 Å². The molecule has 0 amide bonds. The molecule has 3 N–H and O–H groups in total. The average molecular weight is 402 g/mol. The van der Waals surface area contributed by atoms with Crippen molar-refractivity contribution in [3.05, 3.63) is 64.1 Å². The Labute approximate surface area is 152 Å². The number of hydrogen-bond acceptors (Lipinski definition) is 6. The molecule has 0 saturated heterocycles. The molecule has 8 heteroatoms. The number of carbonyl (C=O) groups excluding carboxylic acids is 1. The number of nitrogens with zero attached hydrogens (tertiary/aromatic N) is 3. The number of benzene rings is 2. The lowest BCUT2D eigenvalue weighted by molar-refractivity contribution is 0.0601. The predicted molar refractivity (Wildman–Crippen MR) is 98.7 cm³/mol. The third-order valence-corrected chi connectivity index (χ3v) is 3.98. The predicted octanol–water partition coefficient (Wildman–Crippen LogP) is 3.20. The number of nitrogen functional groups attached to an aromatic ring is 1. The van der Waals surface area contributed by atoms with Gasteiger partial charge in [-0.3, -0.25) is 0 Å². The van der Waals surface area contributed by atoms with Crippen LogP contribution in [-0.2, 0) is 11.3 Å². The van der Waals surface area contributed by atoms with Gasteiger partial charge in [0.2, 0.25) is 11.9 Å². The van der Waals surface area contributed by atoms with Crippen LogP contribution in [0.4, 0.5) is 17.6 Å². The van der Waals surface area contributed by atoms with Crippen molar-refractivity contribution in [1.82, 2.24) is 14.8 Å². The van der Waals surface area contributed by atoms with Crippen molar-refractivity contribution in [2.24, 2.45) is 0 Å². The van der Waals surface area contributed by atoms with E-state index in [1.807, 2.05) is 24.3 Å². The standard InChI is InChI=1S/C17H16BrN5O2/c1-25-15(24)12-5-7-14(8-6-12)20-17-21-16(19)23(22-17)10-11-3-2-4-13(18)9-11/h2-9H,10H2,1H3,(H3,19,20,21,22). The summed E-state index contributed by atoms with van der Waals surface area (Å²) in [4.78, 5) is 15.7. The number of anilines is 3. The van der Waals surface area contributed by atoms with Crippen molar-refractivity contribution in [3.63, 3.8) is 0 Å². The molecule has 0 unspecified atom stereocenters. The van der Waals surface area contributed by atoms with Crippen LogP contribution in [0.3, 0.4) is 0 Å². The van der Waals surface area contributed by atoms with Gasteiger partial charge in [-0.2, -0.15) is 4.98 Å². The van der Waals surface area contributed by atoms with Crippen molar-refractivity contribution in [3.8, 4) is 0 Å². The lowest BCUT2D eigenvalue weighted by atomic mass is 10.2. The maximum Gasteiger partial charge on any atom is 0.337 e. The van der Waals surface area contributed by atoms with Gasteiger partial charge in [0, 0.05) is 10.2 Å². The molecule has 3 rings (SSSR count). The van der Waals surface area contributed by atoms with Gasteiger partial charge in [0.1, 0.15) is 0 Å². The number of esters is 1. The zero-order valence-corrected chi connectivity index (χ0v) is 15.0. The summed E-state index contributed by atoms with van der Waals surface area (Å²) in [7, 11) is 1.35. The molecule has 1 aromatic heterocycles. The Balaban J connectivity index is 1.73. The van der Waals surface area contributed by atoms with Crippen LogP contribution in [0, 0.1) is 0 Å². The highest BCUT2D eigenvalue weighted by atomic mass is 79.9. The monoisotopic (exact) mass is 401 g/mol. The van der Waals surface area contributed by atoms with Crippen LogP contribution < -0.4 is 11.1 Å². The van der Waals surface area contributed by atoms with Crippen LogP contribution in [-0.4, -0.2) is 27.8 Å². The molecule has 0 atom stereocenters. The maximum absolute atomic E-state index is 11.4. The minimum atomic E-state index is -0.382. The highest BCUT2D eigenvalue weighted by molar-refractivity contribution is 9.10. The van der Waals surface area contributed by atoms with Gasteiger partial charge < -0.3 is 15.8 Å². The number of nitrogens with two attached hydrogens (primary N) is 1. The normalized spacial score (nSPS) is 10.5. The highest BCUT2D eigenvalue weighted by Crippen LogP contribution is 2.18. The van der Waals surface area contributed by atoms with E-state index in [0.29, 0.717) is 24.0 Å². The molecule has 0 aliphatic carbocycles. The molecule has 0 spiro atoms. The first kappa shape index (κ1) is 17.0. The first-order valence-electron chi connectivity index (χ1n) is 7.45. The van der Waals surface area contributed by atoms with Crippen LogP contribution in [0.25, 0.3) is 0 Å². The molecule has 0 fully saturated rings. The van der Waals surface area contributed by atoms with Gasteiger partial charge in [0.05, 0.1) is 19.2 Å². The average Bonchev–Trinajstić information content (AvgIpc) is 2.94. The van der Waals surface area contributed by atoms with Gasteiger partial charge in [-0.25, -0.2) is 9.48 Å². The van der Waals surface area contributed by atoms with Crippen LogP contribution in [0.15, 0.2) is 53.0 Å². The molecular weight excluding hydrogens is 386 g/mol. The Kier molecular flexibility index (Phi) is 4.99. The van der Waals surface area contributed by atoms with E-state index in [9.17, 15) is 4.79 Å². The van der Waals surface area contributed by atoms with Crippen LogP contribution in [0.2, 0.25) is 0 Å². The lowest BCUT2D eigenvalue weighted by Crippen LogP contribution is -2.06. The molecule has 0 bridgehead atoms. The Hall–Kier alpha value is -2.87. The molecule has 3 aromatic rings. The summed E-state index contributed by atoms with van der Waals surface area (Å²) in [5, 5.41) is 7.43. The van der Waals surface area contributed by atoms with Crippen molar-refractivity contribution < 1.29 is 9.53 Å². The summed E-state index contributed by atoms with van der Waals surface area (Å²) in [6.45, 7) is 0.515. The summed E-state index contributed by atoms with van der Waals surface area (Å²) in [5.41, 5.74) is 8.21. The zero-order valence-electron chi connectivity index (χ0n) is 13.4. The number of halogens is 1. The van der Waals surface area contributed by atoms with Crippen molar-refractivity contribution in [2.45, 2.75) is 6.54 Å². The largest absolute Gasteiger partial charge is 0.465 e. The van der Waals surface area contributed by atoms with E-state index in [1.165, 1.54) is 7.11 Å². The molecular formula is C17H16BrN5O2. The van der Waals surface area contributed by atoms with E-state index in [-0.39, 0.29) is 5.97 Å². The molecule has 128 valence electrons. The number of nitrogens with one attached hydrogen (secondary N) is 1. The first-order chi connectivity index (χ1) is 12.0. The number of ether oxygens (including phenoxy) is 1. The fourth-order valence-electron chi connectivity index (χ4n) is 2.27. The van der Waals surface area contributed by atoms with E-state index in [1.54, 1.807) is 28.9 Å². The number of methoxy groups -OCH3 is 1. The molecule has 25 heavy (non-hydrogen) atoms. The second-order valence-corrected chi connectivity index (χ2v) is 6.19. The van der Waals surface area contributed by atoms with Crippen LogP contribution in [0.1, 0.15) is 15.9 Å². The van der Waals surface area contributed by atoms with E-state index < -0.39 is 0 Å². The third-order valence-electron chi connectivity index (χ3n) is 3.48. The fourth-order valence-corrected chi connectivity index (χ4v) is 2.71. The SMILES string of the molecule is COC(=O)c1ccc(Nc2nc(N)n(Cc3cccc(Br)c3)n2)cc1. The van der Waals surface area contributed by atoms with E-state index in [0.717, 1.165) is 15.7 Å². The molecule has 2 aromatic carbocycles. The quantitative estimate of drug-likeness (QED) is 0.637. The van der Waals surface area contributed by atoms with E-state index in [2.05, 4.69) is 36.1 Å². The second-order valence-electron chi connectivity index (χ2n) is 5.28. The number of carbonyl (C=O) groups is 1. The zero-order chi connectivity index (χ0) is 17.8. The summed E-state index contributed by atoms with van der Waals surface area (Å²) in [6, 6.07) is 14.7. The summed E-state index contributed by atoms with van der Waals surface area (Å²) in [5.74, 6) is 0.319. The molecule has 0 aliphatic heterocycles. The van der Waals surface area contributed by atoms with Gasteiger partial charge in [0.15, 0.2) is 0 Å². The molecule has 0 saturated carbocycles. The smallest absolute Gasteiger partial charge is 0.337 e. The minimum absolute atomic E-state index is 0.314. The Morgan fingerprint density at radius 1 is 1.28 bits per heavy atom. The number of hydrogen-bond donors (Lipinski definition) is 2. The summed E-state index contributed by atoms with van der Waals surface area (Å²) < 4.78 is 7.28. The molecule has 1 heterocycles. The van der Waals surface area contributed by atoms with E-state index in [4.69, 9.17) is 5.73 Å². The van der Waals surface area contributed by atoms with E-state index >= 15 is 0 Å². The van der Waals surface area contributed by atoms with Gasteiger partial charge in [0.25, 0.3) is 0 Å². The Morgan fingerprint density at radius 2 is 2.04 bits per heavy atom. The van der Waals surface area contributed by atoms with Gasteiger partial charge in [-0.15, -0.1) is 5.10 Å². The topological polar surface area (TPSA) is 95.1 Å². The molecule has 7 nitrogen and oxygen atoms in total. The molecule has 0 aliphatic rings. The summed E-state index contributed by atoms with van der Waals surface area (Å²) >= 11 is 3.44. The fraction of sp³-hybridized carbons (Fsp3) is 0.118. The number of rotatable bonds is 5. The maximum atomic E-state index is 11.4. The second kappa shape index (κ2) is 7.35. The van der Waals surface area contributed by atoms with Crippen LogP contribution >= 0.6 is 15.9 Å². The number of aromatic nitrogens is 3. The van der Waals surface area contributed by atoms with Gasteiger partial charge in [-0.05, 0) is 42.0 Å². The first-order valence-corrected chi connectivity index (χ1v) is 8.24. The van der Waals surface area contributed by atoms with Crippen molar-refractivity contribution >= 4 is 39.5 Å².